The van der Waals surface area contributed by atoms with Crippen LogP contribution >= 0.6 is 11.6 Å². The highest BCUT2D eigenvalue weighted by Crippen LogP contribution is 1.99. The summed E-state index contributed by atoms with van der Waals surface area (Å²) in [7, 11) is 0. The van der Waals surface area contributed by atoms with Gasteiger partial charge in [0.25, 0.3) is 5.78 Å². The van der Waals surface area contributed by atoms with Gasteiger partial charge in [0.15, 0.2) is 0 Å². The van der Waals surface area contributed by atoms with Crippen molar-refractivity contribution in [2.75, 3.05) is 6.61 Å². The third-order valence-corrected chi connectivity index (χ3v) is 1.31. The van der Waals surface area contributed by atoms with Crippen LogP contribution < -0.4 is 0 Å². The summed E-state index contributed by atoms with van der Waals surface area (Å²) < 4.78 is 4.24. The summed E-state index contributed by atoms with van der Waals surface area (Å²) >= 11 is 5.05. The van der Waals surface area contributed by atoms with Gasteiger partial charge in [-0.15, -0.1) is 11.6 Å². The molecule has 0 radical (unpaired) electrons. The Morgan fingerprint density at radius 1 is 1.50 bits per heavy atom. The van der Waals surface area contributed by atoms with E-state index in [1.807, 2.05) is 0 Å². The Hall–Kier alpha value is -1.10. The van der Waals surface area contributed by atoms with E-state index in [1.54, 1.807) is 0 Å². The second-order valence-corrected chi connectivity index (χ2v) is 2.22. The maximum Gasteiger partial charge on any atom is 0.376 e. The van der Waals surface area contributed by atoms with E-state index in [2.05, 4.69) is 4.74 Å². The maximum atomic E-state index is 10.7. The minimum Gasteiger partial charge on any atom is -0.480 e. The highest BCUT2D eigenvalue weighted by atomic mass is 35.5. The van der Waals surface area contributed by atoms with Crippen molar-refractivity contribution in [3.63, 3.8) is 0 Å². The number of hydrogen-bond donors (Lipinski definition) is 1. The number of carboxylic acids is 1. The van der Waals surface area contributed by atoms with Crippen LogP contribution in [0.3, 0.4) is 0 Å². The summed E-state index contributed by atoms with van der Waals surface area (Å²) in [6.45, 7) is 1.50. The summed E-state index contributed by atoms with van der Waals surface area (Å²) in [5, 5.41) is 6.35. The summed E-state index contributed by atoms with van der Waals surface area (Å²) in [4.78, 5) is 31.3. The van der Waals surface area contributed by atoms with E-state index in [0.29, 0.717) is 0 Å². The second-order valence-electron chi connectivity index (χ2n) is 1.79. The Labute approximate surface area is 73.3 Å². The lowest BCUT2D eigenvalue weighted by atomic mass is 10.3. The Kier molecular flexibility index (Phi) is 4.28. The largest absolute Gasteiger partial charge is 0.480 e. The van der Waals surface area contributed by atoms with Crippen LogP contribution in [0.15, 0.2) is 0 Å². The molecule has 0 aromatic carbocycles. The number of Topliss-reactive ketones (excluding diaryl/α,β-unsaturated/α-hetero) is 1. The zero-order valence-electron chi connectivity index (χ0n) is 6.24. The molecule has 0 aliphatic rings. The molecule has 0 fully saturated rings. The van der Waals surface area contributed by atoms with Crippen LogP contribution in [-0.2, 0) is 19.1 Å². The molecule has 0 saturated heterocycles. The molecule has 0 heterocycles. The quantitative estimate of drug-likeness (QED) is 0.290. The highest BCUT2D eigenvalue weighted by molar-refractivity contribution is 6.53. The lowest BCUT2D eigenvalue weighted by molar-refractivity contribution is -0.156. The zero-order chi connectivity index (χ0) is 9.72. The summed E-state index contributed by atoms with van der Waals surface area (Å²) in [5.41, 5.74) is 0. The second kappa shape index (κ2) is 4.71. The number of rotatable bonds is 4. The Morgan fingerprint density at radius 3 is 2.33 bits per heavy atom. The van der Waals surface area contributed by atoms with Crippen molar-refractivity contribution in [1.29, 1.82) is 0 Å². The van der Waals surface area contributed by atoms with Crippen LogP contribution in [0.4, 0.5) is 0 Å². The third-order valence-electron chi connectivity index (χ3n) is 0.924. The molecule has 0 aliphatic carbocycles. The molecule has 0 bridgehead atoms. The number of ketones is 1. The van der Waals surface area contributed by atoms with Crippen molar-refractivity contribution in [3.8, 4) is 0 Å². The van der Waals surface area contributed by atoms with Crippen LogP contribution in [0.1, 0.15) is 6.92 Å². The lowest BCUT2D eigenvalue weighted by Crippen LogP contribution is -2.32. The molecule has 0 spiro atoms. The topological polar surface area (TPSA) is 80.7 Å². The fourth-order valence-electron chi connectivity index (χ4n) is 0.418. The number of halogens is 1. The molecule has 0 saturated carbocycles. The summed E-state index contributed by atoms with van der Waals surface area (Å²) in [6, 6.07) is 0. The van der Waals surface area contributed by atoms with Gasteiger partial charge in [-0.1, -0.05) is 0 Å². The predicted molar refractivity (Wildman–Crippen MR) is 38.9 cm³/mol. The maximum absolute atomic E-state index is 10.7. The average molecular weight is 195 g/mol. The zero-order valence-corrected chi connectivity index (χ0v) is 7.00. The molecule has 0 aromatic heterocycles. The van der Waals surface area contributed by atoms with Crippen molar-refractivity contribution >= 4 is 29.3 Å². The fourth-order valence-corrected chi connectivity index (χ4v) is 0.507. The number of carbonyl (C=O) groups excluding carboxylic acids is 2. The van der Waals surface area contributed by atoms with Crippen LogP contribution in [0.25, 0.3) is 0 Å². The van der Waals surface area contributed by atoms with E-state index in [-0.39, 0.29) is 6.61 Å². The minimum atomic E-state index is -1.86. The van der Waals surface area contributed by atoms with Crippen molar-refractivity contribution < 1.29 is 24.2 Å². The van der Waals surface area contributed by atoms with Crippen molar-refractivity contribution in [2.24, 2.45) is 0 Å². The SMILES string of the molecule is CCOC(=O)C(=O)C(Cl)C(=O)O. The van der Waals surface area contributed by atoms with E-state index in [9.17, 15) is 14.4 Å². The van der Waals surface area contributed by atoms with Crippen LogP contribution in [0.2, 0.25) is 0 Å². The first kappa shape index (κ1) is 10.9. The molecular weight excluding hydrogens is 188 g/mol. The number of alkyl halides is 1. The van der Waals surface area contributed by atoms with Crippen molar-refractivity contribution in [2.45, 2.75) is 12.3 Å². The smallest absolute Gasteiger partial charge is 0.376 e. The van der Waals surface area contributed by atoms with Crippen LogP contribution in [0.5, 0.6) is 0 Å². The van der Waals surface area contributed by atoms with Gasteiger partial charge in [0, 0.05) is 0 Å². The Balaban J connectivity index is 4.19. The Bertz CT molecular complexity index is 212. The van der Waals surface area contributed by atoms with Gasteiger partial charge in [-0.3, -0.25) is 9.59 Å². The number of carbonyl (C=O) groups is 3. The van der Waals surface area contributed by atoms with E-state index >= 15 is 0 Å². The molecule has 0 aromatic rings. The Morgan fingerprint density at radius 2 is 2.00 bits per heavy atom. The first-order chi connectivity index (χ1) is 5.50. The number of hydrogen-bond acceptors (Lipinski definition) is 4. The molecule has 6 heteroatoms. The molecule has 1 atom stereocenters. The highest BCUT2D eigenvalue weighted by Gasteiger charge is 2.30. The van der Waals surface area contributed by atoms with Gasteiger partial charge in [0.1, 0.15) is 0 Å². The lowest BCUT2D eigenvalue weighted by Gasteiger charge is -2.01. The van der Waals surface area contributed by atoms with Gasteiger partial charge in [-0.25, -0.2) is 4.79 Å². The normalized spacial score (nSPS) is 11.8. The molecular formula is C6H7ClO5. The third kappa shape index (κ3) is 2.87. The van der Waals surface area contributed by atoms with E-state index in [4.69, 9.17) is 16.7 Å². The molecule has 1 N–H and O–H groups in total. The number of ether oxygens (including phenoxy) is 1. The van der Waals surface area contributed by atoms with Gasteiger partial charge in [0.2, 0.25) is 5.38 Å². The van der Waals surface area contributed by atoms with E-state index in [1.165, 1.54) is 6.92 Å². The van der Waals surface area contributed by atoms with Crippen molar-refractivity contribution in [1.82, 2.24) is 0 Å². The predicted octanol–water partition coefficient (Wildman–Crippen LogP) is -0.189. The van der Waals surface area contributed by atoms with Crippen LogP contribution in [0, 0.1) is 0 Å². The monoisotopic (exact) mass is 194 g/mol. The molecule has 1 unspecified atom stereocenters. The van der Waals surface area contributed by atoms with Gasteiger partial charge >= 0.3 is 11.9 Å². The van der Waals surface area contributed by atoms with Crippen molar-refractivity contribution in [3.05, 3.63) is 0 Å². The molecule has 0 rings (SSSR count). The van der Waals surface area contributed by atoms with Gasteiger partial charge in [0.05, 0.1) is 6.61 Å². The van der Waals surface area contributed by atoms with Gasteiger partial charge < -0.3 is 9.84 Å². The number of carboxylic acid groups (broad SMARTS) is 1. The number of esters is 1. The fraction of sp³-hybridized carbons (Fsp3) is 0.500. The van der Waals surface area contributed by atoms with E-state index in [0.717, 1.165) is 0 Å². The summed E-state index contributed by atoms with van der Waals surface area (Å²) in [5.74, 6) is -4.04. The number of aliphatic carboxylic acids is 1. The first-order valence-electron chi connectivity index (χ1n) is 3.08. The molecule has 5 nitrogen and oxygen atoms in total. The summed E-state index contributed by atoms with van der Waals surface area (Å²) in [6.07, 6.45) is 0. The minimum absolute atomic E-state index is 0.00774. The van der Waals surface area contributed by atoms with Gasteiger partial charge in [-0.05, 0) is 6.92 Å². The molecule has 68 valence electrons. The average Bonchev–Trinajstić information content (AvgIpc) is 2.02. The van der Waals surface area contributed by atoms with Crippen LogP contribution in [-0.4, -0.2) is 34.8 Å². The van der Waals surface area contributed by atoms with Gasteiger partial charge in [-0.2, -0.15) is 0 Å². The molecule has 0 amide bonds. The standard InChI is InChI=1S/C6H7ClO5/c1-2-12-6(11)4(8)3(7)5(9)10/h3H,2H2,1H3,(H,9,10). The van der Waals surface area contributed by atoms with E-state index < -0.39 is 23.1 Å². The molecule has 12 heavy (non-hydrogen) atoms. The molecule has 0 aliphatic heterocycles. The first-order valence-corrected chi connectivity index (χ1v) is 3.52.